The van der Waals surface area contributed by atoms with Crippen molar-refractivity contribution in [2.24, 2.45) is 5.16 Å². The molecular formula is C48H41N7O6S3. The number of hydrogen-bond donors (Lipinski definition) is 2. The highest BCUT2D eigenvalue weighted by molar-refractivity contribution is 8.00. The molecule has 2 atom stereocenters. The minimum atomic E-state index is -0.971. The Balaban J connectivity index is 0.971. The molecule has 0 spiro atoms. The summed E-state index contributed by atoms with van der Waals surface area (Å²) in [5.74, 6) is -0.719. The van der Waals surface area contributed by atoms with Crippen molar-refractivity contribution in [3.05, 3.63) is 189 Å². The number of nitrogens with one attached hydrogen (secondary N) is 2. The molecule has 64 heavy (non-hydrogen) atoms. The molecule has 0 aliphatic carbocycles. The third-order valence-electron chi connectivity index (χ3n) is 11.0. The van der Waals surface area contributed by atoms with Crippen molar-refractivity contribution in [3.8, 4) is 5.75 Å². The molecule has 0 unspecified atom stereocenters. The number of aromatic nitrogens is 3. The fourth-order valence-corrected chi connectivity index (χ4v) is 10.9. The van der Waals surface area contributed by atoms with Crippen molar-refractivity contribution in [3.63, 3.8) is 0 Å². The number of β-lactam (4-membered cyclic amide) rings is 1. The average molecular weight is 908 g/mol. The summed E-state index contributed by atoms with van der Waals surface area (Å²) in [4.78, 5) is 60.0. The Morgan fingerprint density at radius 2 is 1.56 bits per heavy atom. The zero-order valence-electron chi connectivity index (χ0n) is 34.8. The Labute approximate surface area is 381 Å². The van der Waals surface area contributed by atoms with Crippen molar-refractivity contribution in [1.29, 1.82) is 0 Å². The van der Waals surface area contributed by atoms with Crippen LogP contribution >= 0.6 is 34.4 Å². The van der Waals surface area contributed by atoms with Gasteiger partial charge in [-0.3, -0.25) is 18.9 Å². The highest BCUT2D eigenvalue weighted by Crippen LogP contribution is 2.43. The number of aryl methyl sites for hydroxylation is 1. The molecule has 7 aromatic rings. The Bertz CT molecular complexity index is 2810. The van der Waals surface area contributed by atoms with Crippen molar-refractivity contribution in [2.75, 3.05) is 25.3 Å². The Morgan fingerprint density at radius 1 is 0.906 bits per heavy atom. The highest BCUT2D eigenvalue weighted by Gasteiger charge is 2.54. The van der Waals surface area contributed by atoms with E-state index in [2.05, 4.69) is 57.2 Å². The number of methoxy groups -OCH3 is 1. The first-order valence-corrected chi connectivity index (χ1v) is 22.9. The number of anilines is 1. The van der Waals surface area contributed by atoms with Gasteiger partial charge in [-0.2, -0.15) is 0 Å². The summed E-state index contributed by atoms with van der Waals surface area (Å²) < 4.78 is 13.1. The van der Waals surface area contributed by atoms with E-state index < -0.39 is 34.7 Å². The molecular weight excluding hydrogens is 867 g/mol. The molecule has 4 aromatic carbocycles. The number of ether oxygens (including phenoxy) is 2. The summed E-state index contributed by atoms with van der Waals surface area (Å²) in [5, 5.41) is 12.4. The van der Waals surface area contributed by atoms with E-state index in [1.54, 1.807) is 48.5 Å². The number of benzene rings is 4. The van der Waals surface area contributed by atoms with Crippen molar-refractivity contribution >= 4 is 74.0 Å². The molecule has 2 aliphatic heterocycles. The van der Waals surface area contributed by atoms with E-state index in [-0.39, 0.29) is 23.7 Å². The van der Waals surface area contributed by atoms with Crippen LogP contribution in [0.5, 0.6) is 5.75 Å². The number of allylic oxidation sites excluding steroid dienone is 1. The normalized spacial score (nSPS) is 16.4. The van der Waals surface area contributed by atoms with Crippen LogP contribution in [0.4, 0.5) is 5.13 Å². The van der Waals surface area contributed by atoms with Crippen molar-refractivity contribution in [1.82, 2.24) is 24.6 Å². The molecule has 9 rings (SSSR count). The number of thioether (sulfide) groups is 1. The fraction of sp³-hybridized carbons (Fsp3) is 0.167. The van der Waals surface area contributed by atoms with Crippen molar-refractivity contribution in [2.45, 2.75) is 30.5 Å². The van der Waals surface area contributed by atoms with E-state index in [9.17, 15) is 14.4 Å². The zero-order valence-corrected chi connectivity index (χ0v) is 37.3. The van der Waals surface area contributed by atoms with Gasteiger partial charge in [0.25, 0.3) is 11.8 Å². The summed E-state index contributed by atoms with van der Waals surface area (Å²) in [7, 11) is 2.92. The molecule has 0 bridgehead atoms. The van der Waals surface area contributed by atoms with E-state index in [0.29, 0.717) is 22.2 Å². The lowest BCUT2D eigenvalue weighted by Crippen LogP contribution is -2.71. The quantitative estimate of drug-likeness (QED) is 0.0341. The lowest BCUT2D eigenvalue weighted by atomic mass is 9.77. The van der Waals surface area contributed by atoms with E-state index in [1.165, 1.54) is 35.1 Å². The molecule has 1 fully saturated rings. The van der Waals surface area contributed by atoms with Gasteiger partial charge in [0, 0.05) is 21.7 Å². The first-order chi connectivity index (χ1) is 31.3. The number of oxime groups is 1. The van der Waals surface area contributed by atoms with Gasteiger partial charge in [-0.25, -0.2) is 14.8 Å². The standard InChI is InChI=1S/C48H41N7O6S3/c1-30-38(64-39-25-49-29-54(30)39)24-21-32-27-62-45-41(44(57)55(45)42(32)46(58)61-26-31-19-22-36(59-2)23-20-31)51-43(56)40(53-60-3)37-28-63-47(50-37)52-48(33-13-7-4-8-14-33,34-15-9-5-10-16-34)35-17-11-6-12-18-35/h4-25,28-29,41,45H,26-27H2,1-3H3,(H,50,52)(H,51,56)/b24-21?,53-40-/t41-,45-/m1/s1. The molecule has 13 nitrogen and oxygen atoms in total. The van der Waals surface area contributed by atoms with Gasteiger partial charge >= 0.3 is 5.97 Å². The van der Waals surface area contributed by atoms with Crippen LogP contribution in [-0.4, -0.2) is 74.2 Å². The minimum absolute atomic E-state index is 0.0175. The van der Waals surface area contributed by atoms with Crippen LogP contribution in [-0.2, 0) is 36.1 Å². The molecule has 2 amide bonds. The van der Waals surface area contributed by atoms with E-state index in [0.717, 1.165) is 37.7 Å². The molecule has 1 saturated heterocycles. The number of hydrogen-bond acceptors (Lipinski definition) is 13. The summed E-state index contributed by atoms with van der Waals surface area (Å²) in [6.07, 6.45) is 7.36. The van der Waals surface area contributed by atoms with Crippen LogP contribution in [0.3, 0.4) is 0 Å². The fourth-order valence-electron chi connectivity index (χ4n) is 7.83. The summed E-state index contributed by atoms with van der Waals surface area (Å²) in [6.45, 7) is 1.98. The number of carbonyl (C=O) groups is 3. The molecule has 0 saturated carbocycles. The molecule has 0 radical (unpaired) electrons. The van der Waals surface area contributed by atoms with Crippen LogP contribution in [0.15, 0.2) is 156 Å². The van der Waals surface area contributed by atoms with E-state index in [1.807, 2.05) is 90.2 Å². The zero-order chi connectivity index (χ0) is 44.2. The largest absolute Gasteiger partial charge is 0.497 e. The third-order valence-corrected chi connectivity index (χ3v) is 14.3. The number of imidazole rings is 1. The monoisotopic (exact) mass is 907 g/mol. The Morgan fingerprint density at radius 3 is 2.17 bits per heavy atom. The second-order valence-corrected chi connectivity index (χ2v) is 17.8. The molecule has 5 heterocycles. The maximum atomic E-state index is 14.2. The smallest absolute Gasteiger partial charge is 0.355 e. The predicted molar refractivity (Wildman–Crippen MR) is 250 cm³/mol. The predicted octanol–water partition coefficient (Wildman–Crippen LogP) is 8.03. The summed E-state index contributed by atoms with van der Waals surface area (Å²) in [5.41, 5.74) is 4.75. The SMILES string of the molecule is CO/N=C(\C(=O)N[C@@H]1C(=O)N2C(C(=O)OCc3ccc(OC)cc3)=C(C=Cc3sc4cncn4c3C)CS[C@H]12)c1csc(NC(c2ccccc2)(c2ccccc2)c2ccccc2)n1. The van der Waals surface area contributed by atoms with Gasteiger partial charge in [0.1, 0.15) is 59.0 Å². The number of thiazole rings is 2. The minimum Gasteiger partial charge on any atom is -0.497 e. The lowest BCUT2D eigenvalue weighted by Gasteiger charge is -2.49. The molecule has 16 heteroatoms. The lowest BCUT2D eigenvalue weighted by molar-refractivity contribution is -0.153. The molecule has 3 aromatic heterocycles. The van der Waals surface area contributed by atoms with Gasteiger partial charge < -0.3 is 24.9 Å². The van der Waals surface area contributed by atoms with Crippen LogP contribution in [0.25, 0.3) is 10.9 Å². The maximum absolute atomic E-state index is 14.2. The van der Waals surface area contributed by atoms with Crippen LogP contribution in [0.1, 0.15) is 38.5 Å². The first kappa shape index (κ1) is 42.3. The average Bonchev–Trinajstić information content (AvgIpc) is 4.08. The number of esters is 1. The first-order valence-electron chi connectivity index (χ1n) is 20.2. The number of amides is 2. The number of fused-ring (bicyclic) bond motifs is 2. The van der Waals surface area contributed by atoms with Gasteiger partial charge in [-0.1, -0.05) is 114 Å². The van der Waals surface area contributed by atoms with Crippen LogP contribution in [0, 0.1) is 6.92 Å². The Hall–Kier alpha value is -7.01. The maximum Gasteiger partial charge on any atom is 0.355 e. The van der Waals surface area contributed by atoms with Gasteiger partial charge in [0.2, 0.25) is 0 Å². The number of nitrogens with zero attached hydrogens (tertiary/aromatic N) is 5. The summed E-state index contributed by atoms with van der Waals surface area (Å²) >= 11 is 4.32. The molecule has 2 N–H and O–H groups in total. The number of rotatable bonds is 15. The van der Waals surface area contributed by atoms with Gasteiger partial charge in [-0.15, -0.1) is 34.4 Å². The van der Waals surface area contributed by atoms with Gasteiger partial charge in [0.05, 0.1) is 13.3 Å². The van der Waals surface area contributed by atoms with Crippen LogP contribution < -0.4 is 15.4 Å². The third kappa shape index (κ3) is 8.06. The number of carbonyl (C=O) groups excluding carboxylic acids is 3. The van der Waals surface area contributed by atoms with Gasteiger partial charge in [0.15, 0.2) is 10.8 Å². The summed E-state index contributed by atoms with van der Waals surface area (Å²) in [6, 6.07) is 36.6. The van der Waals surface area contributed by atoms with Crippen molar-refractivity contribution < 1.29 is 28.7 Å². The van der Waals surface area contributed by atoms with E-state index >= 15 is 0 Å². The second kappa shape index (κ2) is 18.4. The highest BCUT2D eigenvalue weighted by atomic mass is 32.2. The Kier molecular flexibility index (Phi) is 12.1. The van der Waals surface area contributed by atoms with Crippen LogP contribution in [0.2, 0.25) is 0 Å². The topological polar surface area (TPSA) is 149 Å². The molecule has 322 valence electrons. The van der Waals surface area contributed by atoms with E-state index in [4.69, 9.17) is 19.3 Å². The van der Waals surface area contributed by atoms with Gasteiger partial charge in [-0.05, 0) is 53.0 Å². The molecule has 2 aliphatic rings. The second-order valence-electron chi connectivity index (χ2n) is 14.8.